The number of benzene rings is 3. The van der Waals surface area contributed by atoms with E-state index in [4.69, 9.17) is 4.74 Å². The Hall–Kier alpha value is -3.12. The van der Waals surface area contributed by atoms with Crippen LogP contribution in [0.4, 0.5) is 4.39 Å². The highest BCUT2D eigenvalue weighted by Crippen LogP contribution is 2.22. The molecule has 4 nitrogen and oxygen atoms in total. The van der Waals surface area contributed by atoms with E-state index in [1.54, 1.807) is 28.8 Å². The van der Waals surface area contributed by atoms with Crippen LogP contribution in [0.3, 0.4) is 0 Å². The summed E-state index contributed by atoms with van der Waals surface area (Å²) >= 11 is 1.40. The third kappa shape index (κ3) is 3.77. The number of rotatable bonds is 6. The molecule has 4 aromatic rings. The van der Waals surface area contributed by atoms with Crippen molar-refractivity contribution in [1.82, 2.24) is 9.55 Å². The van der Waals surface area contributed by atoms with E-state index in [9.17, 15) is 9.18 Å². The predicted molar refractivity (Wildman–Crippen MR) is 110 cm³/mol. The number of thioether (sulfide) groups is 1. The molecule has 28 heavy (non-hydrogen) atoms. The van der Waals surface area contributed by atoms with Crippen molar-refractivity contribution in [2.24, 2.45) is 0 Å². The molecule has 0 spiro atoms. The number of aromatic nitrogens is 2. The summed E-state index contributed by atoms with van der Waals surface area (Å²) in [5.74, 6) is 0.346. The highest BCUT2D eigenvalue weighted by atomic mass is 32.2. The molecule has 4 rings (SSSR count). The minimum atomic E-state index is -0.391. The lowest BCUT2D eigenvalue weighted by Gasteiger charge is -2.13. The molecule has 0 unspecified atom stereocenters. The van der Waals surface area contributed by atoms with E-state index in [2.05, 4.69) is 4.98 Å². The average Bonchev–Trinajstić information content (AvgIpc) is 2.73. The first kappa shape index (κ1) is 18.3. The Morgan fingerprint density at radius 3 is 2.46 bits per heavy atom. The van der Waals surface area contributed by atoms with Gasteiger partial charge >= 0.3 is 0 Å². The largest absolute Gasteiger partial charge is 0.490 e. The summed E-state index contributed by atoms with van der Waals surface area (Å²) in [6.07, 6.45) is 0. The van der Waals surface area contributed by atoms with E-state index in [0.717, 1.165) is 5.69 Å². The SMILES string of the molecule is O=c1c2ccccc2nc(SCCOc2ccccc2F)n1-c1ccccc1. The topological polar surface area (TPSA) is 44.1 Å². The Kier molecular flexibility index (Phi) is 5.39. The molecule has 0 saturated heterocycles. The molecule has 0 saturated carbocycles. The molecule has 0 bridgehead atoms. The molecule has 6 heteroatoms. The van der Waals surface area contributed by atoms with Gasteiger partial charge < -0.3 is 4.74 Å². The maximum atomic E-state index is 13.7. The number of hydrogen-bond acceptors (Lipinski definition) is 4. The van der Waals surface area contributed by atoms with Crippen molar-refractivity contribution in [2.45, 2.75) is 5.16 Å². The summed E-state index contributed by atoms with van der Waals surface area (Å²) in [6.45, 7) is 0.295. The zero-order valence-electron chi connectivity index (χ0n) is 14.9. The maximum absolute atomic E-state index is 13.7. The fourth-order valence-corrected chi connectivity index (χ4v) is 3.69. The van der Waals surface area contributed by atoms with Crippen LogP contribution in [0.25, 0.3) is 16.6 Å². The van der Waals surface area contributed by atoms with Gasteiger partial charge in [-0.2, -0.15) is 0 Å². The third-order valence-electron chi connectivity index (χ3n) is 4.17. The van der Waals surface area contributed by atoms with Gasteiger partial charge in [-0.15, -0.1) is 0 Å². The van der Waals surface area contributed by atoms with E-state index in [0.29, 0.717) is 28.4 Å². The van der Waals surface area contributed by atoms with Crippen molar-refractivity contribution in [1.29, 1.82) is 0 Å². The summed E-state index contributed by atoms with van der Waals surface area (Å²) in [4.78, 5) is 17.7. The zero-order valence-corrected chi connectivity index (χ0v) is 15.7. The number of ether oxygens (including phenoxy) is 1. The summed E-state index contributed by atoms with van der Waals surface area (Å²) in [5.41, 5.74) is 1.29. The summed E-state index contributed by atoms with van der Waals surface area (Å²) in [7, 11) is 0. The van der Waals surface area contributed by atoms with Crippen molar-refractivity contribution >= 4 is 22.7 Å². The molecule has 3 aromatic carbocycles. The van der Waals surface area contributed by atoms with Gasteiger partial charge in [-0.3, -0.25) is 9.36 Å². The lowest BCUT2D eigenvalue weighted by atomic mass is 10.2. The lowest BCUT2D eigenvalue weighted by Crippen LogP contribution is -2.22. The second-order valence-corrected chi connectivity index (χ2v) is 7.08. The highest BCUT2D eigenvalue weighted by molar-refractivity contribution is 7.99. The summed E-state index contributed by atoms with van der Waals surface area (Å²) < 4.78 is 20.8. The zero-order chi connectivity index (χ0) is 19.3. The van der Waals surface area contributed by atoms with Gasteiger partial charge in [0, 0.05) is 5.75 Å². The van der Waals surface area contributed by atoms with Gasteiger partial charge in [-0.1, -0.05) is 54.2 Å². The van der Waals surface area contributed by atoms with Crippen LogP contribution in [0.15, 0.2) is 88.8 Å². The van der Waals surface area contributed by atoms with Crippen molar-refractivity contribution in [3.8, 4) is 11.4 Å². The fraction of sp³-hybridized carbons (Fsp3) is 0.0909. The van der Waals surface area contributed by atoms with E-state index in [1.165, 1.54) is 17.8 Å². The first-order chi connectivity index (χ1) is 13.7. The lowest BCUT2D eigenvalue weighted by molar-refractivity contribution is 0.325. The van der Waals surface area contributed by atoms with E-state index >= 15 is 0 Å². The van der Waals surface area contributed by atoms with Gasteiger partial charge in [-0.25, -0.2) is 9.37 Å². The van der Waals surface area contributed by atoms with Gasteiger partial charge in [0.1, 0.15) is 0 Å². The normalized spacial score (nSPS) is 10.9. The van der Waals surface area contributed by atoms with Crippen LogP contribution in [0.2, 0.25) is 0 Å². The number of halogens is 1. The van der Waals surface area contributed by atoms with Crippen LogP contribution < -0.4 is 10.3 Å². The van der Waals surface area contributed by atoms with E-state index in [1.807, 2.05) is 48.5 Å². The Labute approximate surface area is 165 Å². The summed E-state index contributed by atoms with van der Waals surface area (Å²) in [5, 5.41) is 1.14. The van der Waals surface area contributed by atoms with Crippen LogP contribution in [0.5, 0.6) is 5.75 Å². The monoisotopic (exact) mass is 392 g/mol. The first-order valence-electron chi connectivity index (χ1n) is 8.81. The molecule has 1 heterocycles. The minimum Gasteiger partial charge on any atom is -0.490 e. The predicted octanol–water partition coefficient (Wildman–Crippen LogP) is 4.70. The Bertz CT molecular complexity index is 1160. The van der Waals surface area contributed by atoms with Crippen molar-refractivity contribution < 1.29 is 9.13 Å². The van der Waals surface area contributed by atoms with Crippen LogP contribution in [0, 0.1) is 5.82 Å². The molecule has 0 aliphatic heterocycles. The molecule has 0 aliphatic carbocycles. The molecule has 0 fully saturated rings. The Morgan fingerprint density at radius 1 is 0.929 bits per heavy atom. The molecule has 0 radical (unpaired) electrons. The number of hydrogen-bond donors (Lipinski definition) is 0. The smallest absolute Gasteiger partial charge is 0.266 e. The average molecular weight is 392 g/mol. The first-order valence-corrected chi connectivity index (χ1v) is 9.80. The number of nitrogens with zero attached hydrogens (tertiary/aromatic N) is 2. The van der Waals surface area contributed by atoms with Gasteiger partial charge in [-0.05, 0) is 36.4 Å². The standard InChI is InChI=1S/C22H17FN2O2S/c23-18-11-5-7-13-20(18)27-14-15-28-22-24-19-12-6-4-10-17(19)21(26)25(22)16-8-2-1-3-9-16/h1-13H,14-15H2. The van der Waals surface area contributed by atoms with Gasteiger partial charge in [0.25, 0.3) is 5.56 Å². The number of fused-ring (bicyclic) bond motifs is 1. The van der Waals surface area contributed by atoms with Crippen molar-refractivity contribution in [2.75, 3.05) is 12.4 Å². The minimum absolute atomic E-state index is 0.116. The second-order valence-electron chi connectivity index (χ2n) is 6.01. The van der Waals surface area contributed by atoms with Crippen LogP contribution in [-0.4, -0.2) is 21.9 Å². The maximum Gasteiger partial charge on any atom is 0.266 e. The molecule has 0 aliphatic rings. The van der Waals surface area contributed by atoms with E-state index in [-0.39, 0.29) is 11.3 Å². The number of para-hydroxylation sites is 3. The molecule has 0 amide bonds. The molecule has 0 N–H and O–H groups in total. The van der Waals surface area contributed by atoms with Gasteiger partial charge in [0.05, 0.1) is 23.2 Å². The Balaban J connectivity index is 1.62. The van der Waals surface area contributed by atoms with Crippen LogP contribution in [-0.2, 0) is 0 Å². The van der Waals surface area contributed by atoms with E-state index < -0.39 is 5.82 Å². The molecule has 0 atom stereocenters. The Morgan fingerprint density at radius 2 is 1.64 bits per heavy atom. The quantitative estimate of drug-likeness (QED) is 0.271. The van der Waals surface area contributed by atoms with Crippen molar-refractivity contribution in [3.63, 3.8) is 0 Å². The highest BCUT2D eigenvalue weighted by Gasteiger charge is 2.13. The molecular formula is C22H17FN2O2S. The molecule has 140 valence electrons. The van der Waals surface area contributed by atoms with Crippen LogP contribution >= 0.6 is 11.8 Å². The van der Waals surface area contributed by atoms with Gasteiger partial charge in [0.15, 0.2) is 16.7 Å². The molecular weight excluding hydrogens is 375 g/mol. The fourth-order valence-electron chi connectivity index (χ4n) is 2.86. The third-order valence-corrected chi connectivity index (χ3v) is 5.07. The summed E-state index contributed by atoms with van der Waals surface area (Å²) in [6, 6.07) is 23.0. The van der Waals surface area contributed by atoms with Crippen molar-refractivity contribution in [3.05, 3.63) is 95.0 Å². The molecule has 1 aromatic heterocycles. The second kappa shape index (κ2) is 8.27. The van der Waals surface area contributed by atoms with Crippen LogP contribution in [0.1, 0.15) is 0 Å². The van der Waals surface area contributed by atoms with Gasteiger partial charge in [0.2, 0.25) is 0 Å².